The average molecular weight is 208 g/mol. The van der Waals surface area contributed by atoms with Gasteiger partial charge in [-0.1, -0.05) is 0 Å². The van der Waals surface area contributed by atoms with Crippen LogP contribution in [-0.2, 0) is 18.3 Å². The second kappa shape index (κ2) is 5.33. The van der Waals surface area contributed by atoms with Crippen LogP contribution in [0.1, 0.15) is 18.5 Å². The van der Waals surface area contributed by atoms with Gasteiger partial charge in [0.15, 0.2) is 0 Å². The number of aryl methyl sites for hydroxylation is 1. The molecule has 0 saturated carbocycles. The Morgan fingerprint density at radius 3 is 3.20 bits per heavy atom. The molecule has 0 aliphatic carbocycles. The van der Waals surface area contributed by atoms with E-state index in [1.54, 1.807) is 0 Å². The maximum atomic E-state index is 5.35. The Labute approximate surface area is 91.4 Å². The van der Waals surface area contributed by atoms with Crippen molar-refractivity contribution in [3.8, 4) is 0 Å². The molecule has 1 fully saturated rings. The molecule has 1 N–H and O–H groups in total. The molecule has 1 atom stereocenters. The molecule has 3 heteroatoms. The molecule has 84 valence electrons. The topological polar surface area (TPSA) is 26.2 Å². The van der Waals surface area contributed by atoms with Gasteiger partial charge in [0, 0.05) is 38.7 Å². The minimum atomic E-state index is 0.783. The molecule has 0 spiro atoms. The summed E-state index contributed by atoms with van der Waals surface area (Å²) in [7, 11) is 2.09. The lowest BCUT2D eigenvalue weighted by Crippen LogP contribution is -2.19. The molecule has 1 aliphatic rings. The highest BCUT2D eigenvalue weighted by Crippen LogP contribution is 2.15. The van der Waals surface area contributed by atoms with Crippen molar-refractivity contribution in [3.05, 3.63) is 24.0 Å². The van der Waals surface area contributed by atoms with E-state index in [-0.39, 0.29) is 0 Å². The van der Waals surface area contributed by atoms with E-state index in [0.717, 1.165) is 32.2 Å². The lowest BCUT2D eigenvalue weighted by Gasteiger charge is -2.09. The van der Waals surface area contributed by atoms with Crippen LogP contribution in [0.3, 0.4) is 0 Å². The number of rotatable bonds is 5. The maximum Gasteiger partial charge on any atom is 0.0495 e. The quantitative estimate of drug-likeness (QED) is 0.743. The number of hydrogen-bond donors (Lipinski definition) is 1. The van der Waals surface area contributed by atoms with Gasteiger partial charge >= 0.3 is 0 Å². The molecular formula is C12H20N2O. The molecule has 15 heavy (non-hydrogen) atoms. The first-order valence-electron chi connectivity index (χ1n) is 5.75. The van der Waals surface area contributed by atoms with Crippen LogP contribution in [0.5, 0.6) is 0 Å². The van der Waals surface area contributed by atoms with Gasteiger partial charge in [-0.05, 0) is 37.4 Å². The summed E-state index contributed by atoms with van der Waals surface area (Å²) >= 11 is 0. The molecule has 1 unspecified atom stereocenters. The molecule has 1 aromatic heterocycles. The number of nitrogens with one attached hydrogen (secondary N) is 1. The van der Waals surface area contributed by atoms with Crippen LogP contribution >= 0.6 is 0 Å². The summed E-state index contributed by atoms with van der Waals surface area (Å²) in [6, 6.07) is 4.24. The smallest absolute Gasteiger partial charge is 0.0495 e. The van der Waals surface area contributed by atoms with E-state index in [1.807, 2.05) is 0 Å². The third-order valence-electron chi connectivity index (χ3n) is 3.11. The molecule has 2 heterocycles. The number of hydrogen-bond acceptors (Lipinski definition) is 2. The molecule has 0 amide bonds. The van der Waals surface area contributed by atoms with Crippen LogP contribution in [0.2, 0.25) is 0 Å². The van der Waals surface area contributed by atoms with Crippen molar-refractivity contribution in [2.24, 2.45) is 13.0 Å². The third kappa shape index (κ3) is 3.08. The normalized spacial score (nSPS) is 21.0. The van der Waals surface area contributed by atoms with Crippen LogP contribution in [0.15, 0.2) is 18.3 Å². The Morgan fingerprint density at radius 1 is 1.60 bits per heavy atom. The van der Waals surface area contributed by atoms with Crippen LogP contribution in [0.4, 0.5) is 0 Å². The summed E-state index contributed by atoms with van der Waals surface area (Å²) < 4.78 is 7.51. The fourth-order valence-corrected chi connectivity index (χ4v) is 2.01. The van der Waals surface area contributed by atoms with E-state index in [0.29, 0.717) is 0 Å². The molecule has 1 aliphatic heterocycles. The SMILES string of the molecule is Cn1cccc1CNCCC1CCOC1. The van der Waals surface area contributed by atoms with E-state index in [4.69, 9.17) is 4.74 Å². The highest BCUT2D eigenvalue weighted by molar-refractivity contribution is 5.05. The summed E-state index contributed by atoms with van der Waals surface area (Å²) in [6.07, 6.45) is 4.57. The third-order valence-corrected chi connectivity index (χ3v) is 3.11. The van der Waals surface area contributed by atoms with Crippen molar-refractivity contribution in [2.75, 3.05) is 19.8 Å². The zero-order valence-electron chi connectivity index (χ0n) is 9.41. The molecular weight excluding hydrogens is 188 g/mol. The Balaban J connectivity index is 1.60. The minimum Gasteiger partial charge on any atom is -0.381 e. The van der Waals surface area contributed by atoms with Crippen molar-refractivity contribution in [1.29, 1.82) is 0 Å². The Morgan fingerprint density at radius 2 is 2.53 bits per heavy atom. The first-order valence-corrected chi connectivity index (χ1v) is 5.75. The van der Waals surface area contributed by atoms with Crippen LogP contribution in [0.25, 0.3) is 0 Å². The van der Waals surface area contributed by atoms with Gasteiger partial charge in [-0.25, -0.2) is 0 Å². The standard InChI is InChI=1S/C12H20N2O/c1-14-7-2-3-12(14)9-13-6-4-11-5-8-15-10-11/h2-3,7,11,13H,4-6,8-10H2,1H3. The number of aromatic nitrogens is 1. The fraction of sp³-hybridized carbons (Fsp3) is 0.667. The fourth-order valence-electron chi connectivity index (χ4n) is 2.01. The molecule has 0 aromatic carbocycles. The van der Waals surface area contributed by atoms with Crippen LogP contribution < -0.4 is 5.32 Å². The van der Waals surface area contributed by atoms with E-state index < -0.39 is 0 Å². The summed E-state index contributed by atoms with van der Waals surface area (Å²) in [5, 5.41) is 3.48. The van der Waals surface area contributed by atoms with E-state index in [9.17, 15) is 0 Å². The maximum absolute atomic E-state index is 5.35. The monoisotopic (exact) mass is 208 g/mol. The van der Waals surface area contributed by atoms with Gasteiger partial charge in [-0.2, -0.15) is 0 Å². The molecule has 1 aromatic rings. The predicted octanol–water partition coefficient (Wildman–Crippen LogP) is 1.54. The molecule has 1 saturated heterocycles. The molecule has 3 nitrogen and oxygen atoms in total. The number of ether oxygens (including phenoxy) is 1. The first kappa shape index (κ1) is 10.7. The Kier molecular flexibility index (Phi) is 3.80. The minimum absolute atomic E-state index is 0.783. The van der Waals surface area contributed by atoms with E-state index in [2.05, 4.69) is 35.3 Å². The van der Waals surface area contributed by atoms with Gasteiger partial charge in [0.1, 0.15) is 0 Å². The summed E-state index contributed by atoms with van der Waals surface area (Å²) in [5.41, 5.74) is 1.35. The predicted molar refractivity (Wildman–Crippen MR) is 60.7 cm³/mol. The second-order valence-corrected chi connectivity index (χ2v) is 4.31. The van der Waals surface area contributed by atoms with Crippen LogP contribution in [0, 0.1) is 5.92 Å². The van der Waals surface area contributed by atoms with Gasteiger partial charge in [0.25, 0.3) is 0 Å². The van der Waals surface area contributed by atoms with E-state index >= 15 is 0 Å². The Hall–Kier alpha value is -0.800. The van der Waals surface area contributed by atoms with Crippen molar-refractivity contribution in [2.45, 2.75) is 19.4 Å². The largest absolute Gasteiger partial charge is 0.381 e. The Bertz CT molecular complexity index is 290. The molecule has 0 bridgehead atoms. The summed E-state index contributed by atoms with van der Waals surface area (Å²) in [6.45, 7) is 3.99. The van der Waals surface area contributed by atoms with E-state index in [1.165, 1.54) is 18.5 Å². The zero-order chi connectivity index (χ0) is 10.5. The van der Waals surface area contributed by atoms with Gasteiger partial charge in [0.05, 0.1) is 0 Å². The molecule has 2 rings (SSSR count). The molecule has 0 radical (unpaired) electrons. The first-order chi connectivity index (χ1) is 7.36. The van der Waals surface area contributed by atoms with Crippen molar-refractivity contribution in [3.63, 3.8) is 0 Å². The van der Waals surface area contributed by atoms with Gasteiger partial charge in [0.2, 0.25) is 0 Å². The lowest BCUT2D eigenvalue weighted by molar-refractivity contribution is 0.184. The van der Waals surface area contributed by atoms with Gasteiger partial charge < -0.3 is 14.6 Å². The summed E-state index contributed by atoms with van der Waals surface area (Å²) in [5.74, 6) is 0.783. The van der Waals surface area contributed by atoms with Crippen molar-refractivity contribution >= 4 is 0 Å². The average Bonchev–Trinajstić information content (AvgIpc) is 2.85. The van der Waals surface area contributed by atoms with Crippen molar-refractivity contribution < 1.29 is 4.74 Å². The highest BCUT2D eigenvalue weighted by Gasteiger charge is 2.14. The van der Waals surface area contributed by atoms with Crippen LogP contribution in [-0.4, -0.2) is 24.3 Å². The highest BCUT2D eigenvalue weighted by atomic mass is 16.5. The van der Waals surface area contributed by atoms with Gasteiger partial charge in [-0.15, -0.1) is 0 Å². The zero-order valence-corrected chi connectivity index (χ0v) is 9.41. The summed E-state index contributed by atoms with van der Waals surface area (Å²) in [4.78, 5) is 0. The number of nitrogens with zero attached hydrogens (tertiary/aromatic N) is 1. The van der Waals surface area contributed by atoms with Crippen molar-refractivity contribution in [1.82, 2.24) is 9.88 Å². The lowest BCUT2D eigenvalue weighted by atomic mass is 10.1. The van der Waals surface area contributed by atoms with Gasteiger partial charge in [-0.3, -0.25) is 0 Å². The second-order valence-electron chi connectivity index (χ2n) is 4.31.